The Hall–Kier alpha value is -1.47. The average molecular weight is 282 g/mol. The molecule has 0 unspecified atom stereocenters. The standard InChI is InChI=1S/C11H17F3N2O3/c1-8(2)5-15-3-4-16(6-9(15)17)10(18)19-7-11(12,13)14/h8H,3-7H2,1-2H3. The summed E-state index contributed by atoms with van der Waals surface area (Å²) in [6.45, 7) is 3.13. The van der Waals surface area contributed by atoms with Gasteiger partial charge in [0.05, 0.1) is 0 Å². The van der Waals surface area contributed by atoms with Crippen LogP contribution >= 0.6 is 0 Å². The van der Waals surface area contributed by atoms with E-state index >= 15 is 0 Å². The first-order chi connectivity index (χ1) is 8.69. The number of carbonyl (C=O) groups is 2. The Morgan fingerprint density at radius 2 is 2.00 bits per heavy atom. The monoisotopic (exact) mass is 282 g/mol. The lowest BCUT2D eigenvalue weighted by Crippen LogP contribution is -2.53. The number of carbonyl (C=O) groups excluding carboxylic acids is 2. The summed E-state index contributed by atoms with van der Waals surface area (Å²) in [4.78, 5) is 25.6. The van der Waals surface area contributed by atoms with E-state index in [1.165, 1.54) is 0 Å². The van der Waals surface area contributed by atoms with Gasteiger partial charge in [0, 0.05) is 19.6 Å². The molecule has 1 rings (SSSR count). The van der Waals surface area contributed by atoms with Crippen LogP contribution in [0.25, 0.3) is 0 Å². The fourth-order valence-electron chi connectivity index (χ4n) is 1.73. The SMILES string of the molecule is CC(C)CN1CCN(C(=O)OCC(F)(F)F)CC1=O. The number of rotatable bonds is 3. The van der Waals surface area contributed by atoms with Crippen LogP contribution in [0, 0.1) is 5.92 Å². The summed E-state index contributed by atoms with van der Waals surface area (Å²) in [6, 6.07) is 0. The van der Waals surface area contributed by atoms with Crippen LogP contribution in [0.3, 0.4) is 0 Å². The summed E-state index contributed by atoms with van der Waals surface area (Å²) in [6.07, 6.45) is -5.66. The molecule has 0 bridgehead atoms. The average Bonchev–Trinajstić information content (AvgIpc) is 2.27. The Morgan fingerprint density at radius 3 is 2.47 bits per heavy atom. The van der Waals surface area contributed by atoms with Crippen molar-refractivity contribution in [2.45, 2.75) is 20.0 Å². The van der Waals surface area contributed by atoms with Crippen molar-refractivity contribution in [1.29, 1.82) is 0 Å². The molecule has 0 atom stereocenters. The Bertz CT molecular complexity index is 345. The molecule has 0 aromatic heterocycles. The quantitative estimate of drug-likeness (QED) is 0.788. The van der Waals surface area contributed by atoms with Crippen molar-refractivity contribution in [3.63, 3.8) is 0 Å². The number of halogens is 3. The van der Waals surface area contributed by atoms with Gasteiger partial charge in [0.15, 0.2) is 6.61 Å². The third kappa shape index (κ3) is 5.35. The van der Waals surface area contributed by atoms with Gasteiger partial charge in [0.1, 0.15) is 6.54 Å². The van der Waals surface area contributed by atoms with E-state index in [-0.39, 0.29) is 19.0 Å². The minimum absolute atomic E-state index is 0.190. The maximum absolute atomic E-state index is 11.9. The highest BCUT2D eigenvalue weighted by Gasteiger charge is 2.33. The lowest BCUT2D eigenvalue weighted by atomic mass is 10.2. The summed E-state index contributed by atoms with van der Waals surface area (Å²) in [5.74, 6) is 0.0246. The molecule has 2 amide bonds. The molecular weight excluding hydrogens is 265 g/mol. The molecule has 0 aliphatic carbocycles. The predicted octanol–water partition coefficient (Wildman–Crippen LogP) is 1.49. The number of nitrogens with zero attached hydrogens (tertiary/aromatic N) is 2. The molecule has 1 aliphatic rings. The topological polar surface area (TPSA) is 49.9 Å². The fourth-order valence-corrected chi connectivity index (χ4v) is 1.73. The molecule has 1 fully saturated rings. The molecule has 0 N–H and O–H groups in total. The van der Waals surface area contributed by atoms with Crippen molar-refractivity contribution in [2.24, 2.45) is 5.92 Å². The van der Waals surface area contributed by atoms with E-state index in [2.05, 4.69) is 4.74 Å². The first kappa shape index (κ1) is 15.6. The van der Waals surface area contributed by atoms with Gasteiger partial charge in [-0.15, -0.1) is 0 Å². The number of ether oxygens (including phenoxy) is 1. The van der Waals surface area contributed by atoms with E-state index in [4.69, 9.17) is 0 Å². The molecule has 0 aromatic rings. The second-order valence-corrected chi connectivity index (χ2v) is 4.82. The molecule has 1 saturated heterocycles. The summed E-state index contributed by atoms with van der Waals surface area (Å²) in [7, 11) is 0. The lowest BCUT2D eigenvalue weighted by molar-refractivity contribution is -0.163. The van der Waals surface area contributed by atoms with Crippen LogP contribution in [0.2, 0.25) is 0 Å². The van der Waals surface area contributed by atoms with E-state index in [0.717, 1.165) is 4.90 Å². The minimum Gasteiger partial charge on any atom is -0.440 e. The molecule has 19 heavy (non-hydrogen) atoms. The van der Waals surface area contributed by atoms with Gasteiger partial charge in [-0.25, -0.2) is 4.79 Å². The maximum Gasteiger partial charge on any atom is 0.422 e. The van der Waals surface area contributed by atoms with Crippen LogP contribution in [0.5, 0.6) is 0 Å². The summed E-state index contributed by atoms with van der Waals surface area (Å²) in [5.41, 5.74) is 0. The molecule has 0 spiro atoms. The molecule has 0 saturated carbocycles. The Labute approximate surface area is 109 Å². The molecule has 0 aromatic carbocycles. The van der Waals surface area contributed by atoms with E-state index in [0.29, 0.717) is 19.0 Å². The fraction of sp³-hybridized carbons (Fsp3) is 0.818. The zero-order valence-corrected chi connectivity index (χ0v) is 10.9. The van der Waals surface area contributed by atoms with Gasteiger partial charge in [-0.1, -0.05) is 13.8 Å². The lowest BCUT2D eigenvalue weighted by Gasteiger charge is -2.34. The van der Waals surface area contributed by atoms with Crippen molar-refractivity contribution in [3.8, 4) is 0 Å². The second kappa shape index (κ2) is 6.12. The summed E-state index contributed by atoms with van der Waals surface area (Å²) < 4.78 is 39.8. The highest BCUT2D eigenvalue weighted by atomic mass is 19.4. The highest BCUT2D eigenvalue weighted by molar-refractivity contribution is 5.83. The first-order valence-electron chi connectivity index (χ1n) is 5.95. The summed E-state index contributed by atoms with van der Waals surface area (Å²) in [5, 5.41) is 0. The third-order valence-corrected chi connectivity index (χ3v) is 2.52. The smallest absolute Gasteiger partial charge is 0.422 e. The van der Waals surface area contributed by atoms with Crippen LogP contribution in [0.1, 0.15) is 13.8 Å². The van der Waals surface area contributed by atoms with Gasteiger partial charge in [-0.05, 0) is 5.92 Å². The largest absolute Gasteiger partial charge is 0.440 e. The number of amides is 2. The van der Waals surface area contributed by atoms with Crippen LogP contribution < -0.4 is 0 Å². The van der Waals surface area contributed by atoms with Gasteiger partial charge in [0.2, 0.25) is 5.91 Å². The van der Waals surface area contributed by atoms with Crippen LogP contribution in [-0.2, 0) is 9.53 Å². The molecule has 1 aliphatic heterocycles. The Kier molecular flexibility index (Phi) is 5.02. The Morgan fingerprint density at radius 1 is 1.37 bits per heavy atom. The number of hydrogen-bond donors (Lipinski definition) is 0. The molecule has 5 nitrogen and oxygen atoms in total. The van der Waals surface area contributed by atoms with Crippen LogP contribution in [0.4, 0.5) is 18.0 Å². The second-order valence-electron chi connectivity index (χ2n) is 4.82. The normalized spacial score (nSPS) is 17.1. The molecule has 110 valence electrons. The zero-order chi connectivity index (χ0) is 14.6. The van der Waals surface area contributed by atoms with E-state index in [1.54, 1.807) is 4.90 Å². The molecular formula is C11H17F3N2O3. The van der Waals surface area contributed by atoms with E-state index in [1.807, 2.05) is 13.8 Å². The minimum atomic E-state index is -4.56. The van der Waals surface area contributed by atoms with Crippen molar-refractivity contribution in [1.82, 2.24) is 9.80 Å². The highest BCUT2D eigenvalue weighted by Crippen LogP contribution is 2.15. The molecule has 1 heterocycles. The Balaban J connectivity index is 2.43. The summed E-state index contributed by atoms with van der Waals surface area (Å²) >= 11 is 0. The van der Waals surface area contributed by atoms with Crippen LogP contribution in [-0.4, -0.2) is 60.8 Å². The molecule has 0 radical (unpaired) electrons. The van der Waals surface area contributed by atoms with Crippen LogP contribution in [0.15, 0.2) is 0 Å². The molecule has 8 heteroatoms. The van der Waals surface area contributed by atoms with Gasteiger partial charge < -0.3 is 9.64 Å². The first-order valence-corrected chi connectivity index (χ1v) is 5.95. The van der Waals surface area contributed by atoms with Crippen molar-refractivity contribution in [2.75, 3.05) is 32.8 Å². The van der Waals surface area contributed by atoms with E-state index < -0.39 is 18.9 Å². The number of piperazine rings is 1. The van der Waals surface area contributed by atoms with Crippen molar-refractivity contribution < 1.29 is 27.5 Å². The van der Waals surface area contributed by atoms with Gasteiger partial charge >= 0.3 is 12.3 Å². The predicted molar refractivity (Wildman–Crippen MR) is 60.4 cm³/mol. The van der Waals surface area contributed by atoms with Crippen molar-refractivity contribution in [3.05, 3.63) is 0 Å². The number of hydrogen-bond acceptors (Lipinski definition) is 3. The van der Waals surface area contributed by atoms with Gasteiger partial charge in [-0.2, -0.15) is 13.2 Å². The van der Waals surface area contributed by atoms with Crippen molar-refractivity contribution >= 4 is 12.0 Å². The maximum atomic E-state index is 11.9. The third-order valence-electron chi connectivity index (χ3n) is 2.52. The zero-order valence-electron chi connectivity index (χ0n) is 10.9. The number of alkyl halides is 3. The van der Waals surface area contributed by atoms with E-state index in [9.17, 15) is 22.8 Å². The van der Waals surface area contributed by atoms with Gasteiger partial charge in [-0.3, -0.25) is 9.69 Å². The van der Waals surface area contributed by atoms with Gasteiger partial charge in [0.25, 0.3) is 0 Å².